The maximum absolute atomic E-state index is 14.7. The van der Waals surface area contributed by atoms with Crippen LogP contribution in [0.4, 0.5) is 4.39 Å². The summed E-state index contributed by atoms with van der Waals surface area (Å²) in [5, 5.41) is 13.1. The number of carboxylic acids is 1. The highest BCUT2D eigenvalue weighted by Crippen LogP contribution is 2.37. The Kier molecular flexibility index (Phi) is 8.72. The molecule has 1 aliphatic rings. The highest BCUT2D eigenvalue weighted by atomic mass is 32.1. The summed E-state index contributed by atoms with van der Waals surface area (Å²) in [7, 11) is 0. The third kappa shape index (κ3) is 6.09. The van der Waals surface area contributed by atoms with Crippen LogP contribution in [0.5, 0.6) is 5.75 Å². The highest BCUT2D eigenvalue weighted by Gasteiger charge is 2.24. The standard InChI is InChI=1S/C32H35FN4O4S/c1-5-29(38)36-13-11-21(12-14-36)22-9-10-26(20(4)15-22)41-18-23-16-27(19(2)3)42-30(23)25-7-6-8-28(35-25)37-31(33)24(17-34-37)32(39)40/h6-10,15-17,19,21H,5,11-14,18H2,1-4H3,(H,39,40). The SMILES string of the molecule is CCC(=O)N1CCC(c2ccc(OCc3cc(C(C)C)sc3-c3cccc(-n4ncc(C(=O)O)c4F)n3)c(C)c2)CC1. The topological polar surface area (TPSA) is 97.6 Å². The van der Waals surface area contributed by atoms with Gasteiger partial charge in [0, 0.05) is 30.0 Å². The number of aromatic nitrogens is 3. The van der Waals surface area contributed by atoms with Gasteiger partial charge in [-0.15, -0.1) is 11.3 Å². The minimum Gasteiger partial charge on any atom is -0.489 e. The number of piperidine rings is 1. The van der Waals surface area contributed by atoms with Crippen LogP contribution < -0.4 is 4.74 Å². The third-order valence-corrected chi connectivity index (χ3v) is 9.23. The number of nitrogens with zero attached hydrogens (tertiary/aromatic N) is 4. The van der Waals surface area contributed by atoms with Gasteiger partial charge < -0.3 is 14.7 Å². The minimum absolute atomic E-state index is 0.195. The average molecular weight is 591 g/mol. The van der Waals surface area contributed by atoms with Crippen molar-refractivity contribution in [3.63, 3.8) is 0 Å². The van der Waals surface area contributed by atoms with E-state index in [0.29, 0.717) is 30.6 Å². The Morgan fingerprint density at radius 1 is 1.17 bits per heavy atom. The van der Waals surface area contributed by atoms with E-state index < -0.39 is 17.5 Å². The number of aromatic carboxylic acids is 1. The van der Waals surface area contributed by atoms with Crippen molar-refractivity contribution in [3.8, 4) is 22.1 Å². The summed E-state index contributed by atoms with van der Waals surface area (Å²) in [6, 6.07) is 13.7. The molecule has 1 N–H and O–H groups in total. The molecule has 1 saturated heterocycles. The summed E-state index contributed by atoms with van der Waals surface area (Å²) in [4.78, 5) is 32.0. The van der Waals surface area contributed by atoms with Crippen molar-refractivity contribution in [1.82, 2.24) is 19.7 Å². The number of benzene rings is 1. The van der Waals surface area contributed by atoms with Gasteiger partial charge in [0.2, 0.25) is 11.9 Å². The van der Waals surface area contributed by atoms with Crippen LogP contribution >= 0.6 is 11.3 Å². The highest BCUT2D eigenvalue weighted by molar-refractivity contribution is 7.15. The summed E-state index contributed by atoms with van der Waals surface area (Å²) in [6.45, 7) is 10.2. The number of halogens is 1. The molecule has 5 rings (SSSR count). The number of carbonyl (C=O) groups is 2. The molecule has 4 aromatic rings. The van der Waals surface area contributed by atoms with E-state index in [2.05, 4.69) is 49.1 Å². The Morgan fingerprint density at radius 3 is 2.57 bits per heavy atom. The van der Waals surface area contributed by atoms with Crippen LogP contribution in [0, 0.1) is 12.9 Å². The summed E-state index contributed by atoms with van der Waals surface area (Å²) in [5.41, 5.74) is 3.43. The quantitative estimate of drug-likeness (QED) is 0.226. The van der Waals surface area contributed by atoms with Crippen molar-refractivity contribution in [1.29, 1.82) is 0 Å². The third-order valence-electron chi connectivity index (χ3n) is 7.73. The smallest absolute Gasteiger partial charge is 0.342 e. The van der Waals surface area contributed by atoms with Crippen molar-refractivity contribution in [3.05, 3.63) is 81.7 Å². The number of thiophene rings is 1. The molecule has 3 aromatic heterocycles. The number of carbonyl (C=O) groups excluding carboxylic acids is 1. The lowest BCUT2D eigenvalue weighted by atomic mass is 9.88. The predicted molar refractivity (Wildman–Crippen MR) is 160 cm³/mol. The summed E-state index contributed by atoms with van der Waals surface area (Å²) in [5.74, 6) is -0.394. The van der Waals surface area contributed by atoms with E-state index in [9.17, 15) is 19.1 Å². The maximum atomic E-state index is 14.7. The van der Waals surface area contributed by atoms with Crippen molar-refractivity contribution in [2.75, 3.05) is 13.1 Å². The zero-order valence-electron chi connectivity index (χ0n) is 24.3. The fourth-order valence-electron chi connectivity index (χ4n) is 5.29. The molecule has 4 heterocycles. The van der Waals surface area contributed by atoms with Crippen LogP contribution in [0.25, 0.3) is 16.4 Å². The van der Waals surface area contributed by atoms with Gasteiger partial charge >= 0.3 is 5.97 Å². The Balaban J connectivity index is 1.35. The largest absolute Gasteiger partial charge is 0.489 e. The fourth-order valence-corrected chi connectivity index (χ4v) is 6.43. The normalized spacial score (nSPS) is 14.0. The Labute approximate surface area is 248 Å². The van der Waals surface area contributed by atoms with Gasteiger partial charge in [0.25, 0.3) is 0 Å². The van der Waals surface area contributed by atoms with E-state index in [4.69, 9.17) is 4.74 Å². The fraction of sp³-hybridized carbons (Fsp3) is 0.375. The number of likely N-dealkylation sites (tertiary alicyclic amines) is 1. The first kappa shape index (κ1) is 29.4. The molecule has 1 aliphatic heterocycles. The number of pyridine rings is 1. The second-order valence-corrected chi connectivity index (χ2v) is 12.0. The van der Waals surface area contributed by atoms with Crippen LogP contribution in [0.2, 0.25) is 0 Å². The van der Waals surface area contributed by atoms with Crippen LogP contribution in [-0.2, 0) is 11.4 Å². The number of hydrogen-bond donors (Lipinski definition) is 1. The molecule has 0 aliphatic carbocycles. The molecule has 0 radical (unpaired) electrons. The zero-order chi connectivity index (χ0) is 30.0. The first-order valence-electron chi connectivity index (χ1n) is 14.2. The van der Waals surface area contributed by atoms with E-state index in [1.54, 1.807) is 23.5 Å². The Hall–Kier alpha value is -4.05. The Morgan fingerprint density at radius 2 is 1.93 bits per heavy atom. The number of amides is 1. The molecule has 220 valence electrons. The van der Waals surface area contributed by atoms with Gasteiger partial charge in [-0.1, -0.05) is 39.0 Å². The lowest BCUT2D eigenvalue weighted by Crippen LogP contribution is -2.37. The molecule has 1 fully saturated rings. The van der Waals surface area contributed by atoms with Gasteiger partial charge in [-0.25, -0.2) is 9.78 Å². The molecule has 1 amide bonds. The Bertz CT molecular complexity index is 1600. The first-order valence-corrected chi connectivity index (χ1v) is 15.1. The summed E-state index contributed by atoms with van der Waals surface area (Å²) >= 11 is 1.62. The second-order valence-electron chi connectivity index (χ2n) is 10.9. The monoisotopic (exact) mass is 590 g/mol. The van der Waals surface area contributed by atoms with Crippen LogP contribution in [0.1, 0.15) is 83.8 Å². The van der Waals surface area contributed by atoms with E-state index in [1.807, 2.05) is 24.0 Å². The van der Waals surface area contributed by atoms with Gasteiger partial charge in [0.15, 0.2) is 5.82 Å². The lowest BCUT2D eigenvalue weighted by molar-refractivity contribution is -0.131. The van der Waals surface area contributed by atoms with Gasteiger partial charge in [-0.05, 0) is 67.0 Å². The molecule has 1 aromatic carbocycles. The van der Waals surface area contributed by atoms with Crippen LogP contribution in [-0.4, -0.2) is 49.7 Å². The van der Waals surface area contributed by atoms with E-state index in [1.165, 1.54) is 10.4 Å². The average Bonchev–Trinajstić information content (AvgIpc) is 3.60. The van der Waals surface area contributed by atoms with E-state index in [0.717, 1.165) is 58.6 Å². The lowest BCUT2D eigenvalue weighted by Gasteiger charge is -2.32. The number of carboxylic acid groups (broad SMARTS) is 1. The molecular formula is C32H35FN4O4S. The first-order chi connectivity index (χ1) is 20.2. The van der Waals surface area contributed by atoms with Gasteiger partial charge in [-0.3, -0.25) is 4.79 Å². The number of aryl methyl sites for hydroxylation is 1. The van der Waals surface area contributed by atoms with Crippen LogP contribution in [0.3, 0.4) is 0 Å². The van der Waals surface area contributed by atoms with Gasteiger partial charge in [0.05, 0.1) is 16.8 Å². The molecule has 0 bridgehead atoms. The molecule has 0 saturated carbocycles. The van der Waals surface area contributed by atoms with Crippen molar-refractivity contribution in [2.45, 2.75) is 65.4 Å². The van der Waals surface area contributed by atoms with E-state index >= 15 is 0 Å². The van der Waals surface area contributed by atoms with Crippen molar-refractivity contribution in [2.24, 2.45) is 0 Å². The van der Waals surface area contributed by atoms with Crippen molar-refractivity contribution >= 4 is 23.2 Å². The second kappa shape index (κ2) is 12.4. The molecule has 0 atom stereocenters. The predicted octanol–water partition coefficient (Wildman–Crippen LogP) is 6.96. The molecule has 42 heavy (non-hydrogen) atoms. The van der Waals surface area contributed by atoms with Crippen molar-refractivity contribution < 1.29 is 23.8 Å². The number of ether oxygens (including phenoxy) is 1. The maximum Gasteiger partial charge on any atom is 0.342 e. The molecule has 0 unspecified atom stereocenters. The minimum atomic E-state index is -1.38. The molecule has 0 spiro atoms. The summed E-state index contributed by atoms with van der Waals surface area (Å²) in [6.07, 6.45) is 3.47. The van der Waals surface area contributed by atoms with E-state index in [-0.39, 0.29) is 11.7 Å². The number of rotatable bonds is 9. The number of hydrogen-bond acceptors (Lipinski definition) is 6. The zero-order valence-corrected chi connectivity index (χ0v) is 25.1. The van der Waals surface area contributed by atoms with Gasteiger partial charge in [0.1, 0.15) is 17.9 Å². The van der Waals surface area contributed by atoms with Crippen LogP contribution in [0.15, 0.2) is 48.7 Å². The molecule has 10 heteroatoms. The van der Waals surface area contributed by atoms with Gasteiger partial charge in [-0.2, -0.15) is 14.2 Å². The molecular weight excluding hydrogens is 555 g/mol. The summed E-state index contributed by atoms with van der Waals surface area (Å²) < 4.78 is 21.9. The molecule has 8 nitrogen and oxygen atoms in total.